The molecule has 0 aliphatic carbocycles. The van der Waals surface area contributed by atoms with Crippen molar-refractivity contribution in [1.82, 2.24) is 9.97 Å². The van der Waals surface area contributed by atoms with Crippen LogP contribution < -0.4 is 20.5 Å². The van der Waals surface area contributed by atoms with Gasteiger partial charge in [-0.15, -0.1) is 0 Å². The molecule has 8 nitrogen and oxygen atoms in total. The summed E-state index contributed by atoms with van der Waals surface area (Å²) in [6.07, 6.45) is 0.521. The SMILES string of the molecule is COc1cccc(NC(=O)CCc2c(C)nc(N3CCOCC3)[nH]c2=O)c1. The van der Waals surface area contributed by atoms with Gasteiger partial charge in [0, 0.05) is 42.5 Å². The first-order valence-electron chi connectivity index (χ1n) is 8.93. The molecule has 144 valence electrons. The first kappa shape index (κ1) is 18.9. The molecule has 0 bridgehead atoms. The molecule has 2 N–H and O–H groups in total. The predicted octanol–water partition coefficient (Wildman–Crippen LogP) is 1.49. The lowest BCUT2D eigenvalue weighted by atomic mass is 10.1. The molecule has 0 unspecified atom stereocenters. The van der Waals surface area contributed by atoms with Crippen LogP contribution in [0.2, 0.25) is 0 Å². The number of H-pyrrole nitrogens is 1. The third kappa shape index (κ3) is 4.85. The Balaban J connectivity index is 1.63. The number of aryl methyl sites for hydroxylation is 1. The number of hydrogen-bond donors (Lipinski definition) is 2. The molecule has 1 saturated heterocycles. The van der Waals surface area contributed by atoms with Crippen LogP contribution in [-0.2, 0) is 16.0 Å². The molecule has 1 amide bonds. The number of carbonyl (C=O) groups excluding carboxylic acids is 1. The minimum absolute atomic E-state index is 0.167. The molecule has 1 fully saturated rings. The third-order valence-corrected chi connectivity index (χ3v) is 4.48. The Hall–Kier alpha value is -2.87. The summed E-state index contributed by atoms with van der Waals surface area (Å²) in [5, 5.41) is 2.82. The van der Waals surface area contributed by atoms with Gasteiger partial charge in [0.25, 0.3) is 5.56 Å². The molecule has 8 heteroatoms. The molecule has 0 radical (unpaired) electrons. The average molecular weight is 372 g/mol. The Morgan fingerprint density at radius 3 is 2.85 bits per heavy atom. The number of rotatable bonds is 6. The number of aromatic amines is 1. The Morgan fingerprint density at radius 2 is 2.15 bits per heavy atom. The number of morpholine rings is 1. The minimum Gasteiger partial charge on any atom is -0.497 e. The normalized spacial score (nSPS) is 14.1. The van der Waals surface area contributed by atoms with E-state index in [0.29, 0.717) is 61.4 Å². The maximum absolute atomic E-state index is 12.5. The number of nitrogens with one attached hydrogen (secondary N) is 2. The van der Waals surface area contributed by atoms with Crippen LogP contribution >= 0.6 is 0 Å². The Labute approximate surface area is 157 Å². The second-order valence-corrected chi connectivity index (χ2v) is 6.33. The topological polar surface area (TPSA) is 96.5 Å². The van der Waals surface area contributed by atoms with Gasteiger partial charge in [0.15, 0.2) is 0 Å². The molecule has 1 aromatic heterocycles. The molecule has 3 rings (SSSR count). The fraction of sp³-hybridized carbons (Fsp3) is 0.421. The standard InChI is InChI=1S/C19H24N4O4/c1-13-16(18(25)22-19(20-13)23-8-10-27-11-9-23)6-7-17(24)21-14-4-3-5-15(12-14)26-2/h3-5,12H,6-11H2,1-2H3,(H,21,24)(H,20,22,25). The van der Waals surface area contributed by atoms with Gasteiger partial charge in [0.05, 0.1) is 20.3 Å². The van der Waals surface area contributed by atoms with E-state index in [1.165, 1.54) is 0 Å². The van der Waals surface area contributed by atoms with E-state index in [0.717, 1.165) is 0 Å². The van der Waals surface area contributed by atoms with Crippen molar-refractivity contribution in [3.8, 4) is 5.75 Å². The molecule has 27 heavy (non-hydrogen) atoms. The van der Waals surface area contributed by atoms with Gasteiger partial charge in [-0.2, -0.15) is 0 Å². The zero-order valence-electron chi connectivity index (χ0n) is 15.6. The maximum atomic E-state index is 12.5. The highest BCUT2D eigenvalue weighted by Crippen LogP contribution is 2.17. The molecule has 0 atom stereocenters. The van der Waals surface area contributed by atoms with E-state index in [1.54, 1.807) is 38.3 Å². The Kier molecular flexibility index (Phi) is 6.08. The zero-order valence-corrected chi connectivity index (χ0v) is 15.6. The van der Waals surface area contributed by atoms with Crippen molar-refractivity contribution in [3.05, 3.63) is 45.9 Å². The summed E-state index contributed by atoms with van der Waals surface area (Å²) in [5.74, 6) is 1.06. The van der Waals surface area contributed by atoms with Crippen molar-refractivity contribution in [2.45, 2.75) is 19.8 Å². The van der Waals surface area contributed by atoms with Crippen molar-refractivity contribution in [1.29, 1.82) is 0 Å². The van der Waals surface area contributed by atoms with Crippen molar-refractivity contribution in [2.75, 3.05) is 43.6 Å². The number of anilines is 2. The highest BCUT2D eigenvalue weighted by Gasteiger charge is 2.16. The van der Waals surface area contributed by atoms with E-state index in [2.05, 4.69) is 15.3 Å². The highest BCUT2D eigenvalue weighted by molar-refractivity contribution is 5.91. The smallest absolute Gasteiger partial charge is 0.255 e. The molecule has 2 heterocycles. The fourth-order valence-electron chi connectivity index (χ4n) is 2.98. The van der Waals surface area contributed by atoms with Crippen LogP contribution in [-0.4, -0.2) is 49.3 Å². The second kappa shape index (κ2) is 8.68. The molecule has 0 saturated carbocycles. The van der Waals surface area contributed by atoms with E-state index in [-0.39, 0.29) is 17.9 Å². The summed E-state index contributed by atoms with van der Waals surface area (Å²) < 4.78 is 10.5. The Bertz CT molecular complexity index is 859. The summed E-state index contributed by atoms with van der Waals surface area (Å²) in [6, 6.07) is 7.14. The number of carbonyl (C=O) groups is 1. The number of hydrogen-bond acceptors (Lipinski definition) is 6. The molecule has 1 aromatic carbocycles. The highest BCUT2D eigenvalue weighted by atomic mass is 16.5. The van der Waals surface area contributed by atoms with Gasteiger partial charge in [-0.1, -0.05) is 6.07 Å². The maximum Gasteiger partial charge on any atom is 0.255 e. The average Bonchev–Trinajstić information content (AvgIpc) is 2.68. The van der Waals surface area contributed by atoms with Gasteiger partial charge >= 0.3 is 0 Å². The number of benzene rings is 1. The van der Waals surface area contributed by atoms with E-state index in [9.17, 15) is 9.59 Å². The van der Waals surface area contributed by atoms with Crippen molar-refractivity contribution in [3.63, 3.8) is 0 Å². The lowest BCUT2D eigenvalue weighted by Gasteiger charge is -2.27. The number of amides is 1. The second-order valence-electron chi connectivity index (χ2n) is 6.33. The predicted molar refractivity (Wildman–Crippen MR) is 103 cm³/mol. The van der Waals surface area contributed by atoms with Crippen LogP contribution in [0.4, 0.5) is 11.6 Å². The molecule has 1 aliphatic rings. The quantitative estimate of drug-likeness (QED) is 0.798. The number of nitrogens with zero attached hydrogens (tertiary/aromatic N) is 2. The van der Waals surface area contributed by atoms with Crippen LogP contribution in [0.1, 0.15) is 17.7 Å². The summed E-state index contributed by atoms with van der Waals surface area (Å²) in [6.45, 7) is 4.44. The monoisotopic (exact) mass is 372 g/mol. The van der Waals surface area contributed by atoms with Gasteiger partial charge in [-0.25, -0.2) is 4.98 Å². The summed E-state index contributed by atoms with van der Waals surface area (Å²) in [7, 11) is 1.57. The minimum atomic E-state index is -0.196. The van der Waals surface area contributed by atoms with Gasteiger partial charge in [0.2, 0.25) is 11.9 Å². The van der Waals surface area contributed by atoms with E-state index >= 15 is 0 Å². The van der Waals surface area contributed by atoms with Gasteiger partial charge in [-0.05, 0) is 25.5 Å². The molecule has 2 aromatic rings. The van der Waals surface area contributed by atoms with Crippen LogP contribution in [0.5, 0.6) is 5.75 Å². The molecular weight excluding hydrogens is 348 g/mol. The molecule has 1 aliphatic heterocycles. The van der Waals surface area contributed by atoms with Gasteiger partial charge in [0.1, 0.15) is 5.75 Å². The molecular formula is C19H24N4O4. The number of ether oxygens (including phenoxy) is 2. The van der Waals surface area contributed by atoms with Crippen LogP contribution in [0.25, 0.3) is 0 Å². The van der Waals surface area contributed by atoms with E-state index < -0.39 is 0 Å². The lowest BCUT2D eigenvalue weighted by Crippen LogP contribution is -2.38. The van der Waals surface area contributed by atoms with Crippen LogP contribution in [0, 0.1) is 6.92 Å². The zero-order chi connectivity index (χ0) is 19.2. The largest absolute Gasteiger partial charge is 0.497 e. The van der Waals surface area contributed by atoms with Crippen molar-refractivity contribution in [2.24, 2.45) is 0 Å². The van der Waals surface area contributed by atoms with Crippen molar-refractivity contribution >= 4 is 17.5 Å². The first-order chi connectivity index (χ1) is 13.1. The van der Waals surface area contributed by atoms with Crippen LogP contribution in [0.3, 0.4) is 0 Å². The summed E-state index contributed by atoms with van der Waals surface area (Å²) >= 11 is 0. The lowest BCUT2D eigenvalue weighted by molar-refractivity contribution is -0.116. The van der Waals surface area contributed by atoms with Gasteiger partial charge in [-0.3, -0.25) is 14.6 Å². The van der Waals surface area contributed by atoms with Crippen LogP contribution in [0.15, 0.2) is 29.1 Å². The van der Waals surface area contributed by atoms with Gasteiger partial charge < -0.3 is 19.7 Å². The third-order valence-electron chi connectivity index (χ3n) is 4.48. The number of methoxy groups -OCH3 is 1. The van der Waals surface area contributed by atoms with Crippen molar-refractivity contribution < 1.29 is 14.3 Å². The molecule has 0 spiro atoms. The Morgan fingerprint density at radius 1 is 1.37 bits per heavy atom. The first-order valence-corrected chi connectivity index (χ1v) is 8.93. The summed E-state index contributed by atoms with van der Waals surface area (Å²) in [5.41, 5.74) is 1.64. The number of aromatic nitrogens is 2. The fourth-order valence-corrected chi connectivity index (χ4v) is 2.98. The summed E-state index contributed by atoms with van der Waals surface area (Å²) in [4.78, 5) is 34.0. The van der Waals surface area contributed by atoms with E-state index in [4.69, 9.17) is 9.47 Å². The van der Waals surface area contributed by atoms with E-state index in [1.807, 2.05) is 4.90 Å².